The van der Waals surface area contributed by atoms with Gasteiger partial charge in [-0.3, -0.25) is 14.9 Å². The molecule has 0 radical (unpaired) electrons. The third-order valence-electron chi connectivity index (χ3n) is 4.02. The Morgan fingerprint density at radius 2 is 1.82 bits per heavy atom. The summed E-state index contributed by atoms with van der Waals surface area (Å²) in [5.74, 6) is -0.255. The number of carbonyl (C=O) groups excluding carboxylic acids is 1. The van der Waals surface area contributed by atoms with Gasteiger partial charge in [0.1, 0.15) is 11.6 Å². The zero-order chi connectivity index (χ0) is 20.8. The average molecular weight is 381 g/mol. The molecule has 1 N–H and O–H groups in total. The summed E-state index contributed by atoms with van der Waals surface area (Å²) in [6.07, 6.45) is 1.15. The minimum atomic E-state index is -0.668. The Morgan fingerprint density at radius 1 is 1.18 bits per heavy atom. The van der Waals surface area contributed by atoms with Gasteiger partial charge in [0.2, 0.25) is 0 Å². The van der Waals surface area contributed by atoms with Gasteiger partial charge in [-0.15, -0.1) is 0 Å². The first-order valence-corrected chi connectivity index (χ1v) is 8.21. The molecule has 0 aliphatic carbocycles. The van der Waals surface area contributed by atoms with Crippen LogP contribution in [-0.2, 0) is 4.79 Å². The van der Waals surface area contributed by atoms with Crippen LogP contribution in [0.1, 0.15) is 16.7 Å². The lowest BCUT2D eigenvalue weighted by Crippen LogP contribution is -2.14. The zero-order valence-corrected chi connectivity index (χ0v) is 15.9. The summed E-state index contributed by atoms with van der Waals surface area (Å²) in [5, 5.41) is 23.4. The van der Waals surface area contributed by atoms with Crippen LogP contribution < -0.4 is 14.8 Å². The molecule has 0 aromatic heterocycles. The summed E-state index contributed by atoms with van der Waals surface area (Å²) in [7, 11) is 2.74. The standard InChI is InChI=1S/C20H19N3O5/c1-12-5-6-16(13(2)7-12)22-20(24)15(11-21)8-14-9-18(27-3)19(28-4)10-17(14)23(25)26/h5-10H,1-4H3,(H,22,24)/b15-8+. The van der Waals surface area contributed by atoms with E-state index in [0.717, 1.165) is 17.2 Å². The van der Waals surface area contributed by atoms with Crippen molar-refractivity contribution < 1.29 is 19.2 Å². The van der Waals surface area contributed by atoms with E-state index in [0.29, 0.717) is 5.69 Å². The molecule has 0 atom stereocenters. The molecule has 1 amide bonds. The first kappa shape index (κ1) is 20.5. The van der Waals surface area contributed by atoms with Gasteiger partial charge in [0.05, 0.1) is 30.8 Å². The van der Waals surface area contributed by atoms with Crippen molar-refractivity contribution in [3.05, 3.63) is 62.7 Å². The van der Waals surface area contributed by atoms with Gasteiger partial charge in [-0.25, -0.2) is 0 Å². The smallest absolute Gasteiger partial charge is 0.280 e. The minimum absolute atomic E-state index is 0.0509. The monoisotopic (exact) mass is 381 g/mol. The van der Waals surface area contributed by atoms with Crippen LogP contribution in [0.15, 0.2) is 35.9 Å². The molecular formula is C20H19N3O5. The predicted molar refractivity (Wildman–Crippen MR) is 104 cm³/mol. The van der Waals surface area contributed by atoms with Crippen LogP contribution in [0, 0.1) is 35.3 Å². The van der Waals surface area contributed by atoms with Gasteiger partial charge in [-0.05, 0) is 37.6 Å². The molecule has 0 bridgehead atoms. The quantitative estimate of drug-likeness (QED) is 0.352. The Labute approximate surface area is 162 Å². The van der Waals surface area contributed by atoms with Crippen LogP contribution in [0.25, 0.3) is 6.08 Å². The number of ether oxygens (including phenoxy) is 2. The van der Waals surface area contributed by atoms with Crippen molar-refractivity contribution in [1.82, 2.24) is 0 Å². The van der Waals surface area contributed by atoms with Crippen LogP contribution >= 0.6 is 0 Å². The summed E-state index contributed by atoms with van der Waals surface area (Å²) in [6.45, 7) is 3.76. The molecular weight excluding hydrogens is 362 g/mol. The number of aryl methyl sites for hydroxylation is 2. The first-order chi connectivity index (χ1) is 13.3. The van der Waals surface area contributed by atoms with Gasteiger partial charge in [0, 0.05) is 5.69 Å². The van der Waals surface area contributed by atoms with Crippen LogP contribution in [0.4, 0.5) is 11.4 Å². The highest BCUT2D eigenvalue weighted by Crippen LogP contribution is 2.35. The molecule has 2 aromatic rings. The largest absolute Gasteiger partial charge is 0.493 e. The number of rotatable bonds is 6. The van der Waals surface area contributed by atoms with Gasteiger partial charge in [-0.1, -0.05) is 17.7 Å². The molecule has 28 heavy (non-hydrogen) atoms. The number of amides is 1. The molecule has 0 heterocycles. The normalized spacial score (nSPS) is 10.8. The van der Waals surface area contributed by atoms with E-state index in [2.05, 4.69) is 5.32 Å². The zero-order valence-electron chi connectivity index (χ0n) is 15.9. The van der Waals surface area contributed by atoms with Gasteiger partial charge in [0.25, 0.3) is 11.6 Å². The van der Waals surface area contributed by atoms with E-state index in [-0.39, 0.29) is 28.3 Å². The fourth-order valence-corrected chi connectivity index (χ4v) is 2.61. The van der Waals surface area contributed by atoms with Crippen molar-refractivity contribution in [2.24, 2.45) is 0 Å². The number of carbonyl (C=O) groups is 1. The van der Waals surface area contributed by atoms with Gasteiger partial charge in [-0.2, -0.15) is 5.26 Å². The highest BCUT2D eigenvalue weighted by molar-refractivity contribution is 6.10. The van der Waals surface area contributed by atoms with Crippen LogP contribution in [-0.4, -0.2) is 25.1 Å². The number of anilines is 1. The van der Waals surface area contributed by atoms with Gasteiger partial charge in [0.15, 0.2) is 11.5 Å². The first-order valence-electron chi connectivity index (χ1n) is 8.21. The molecule has 0 saturated carbocycles. The topological polar surface area (TPSA) is 114 Å². The fraction of sp³-hybridized carbons (Fsp3) is 0.200. The molecule has 2 aromatic carbocycles. The molecule has 8 heteroatoms. The number of benzene rings is 2. The third-order valence-corrected chi connectivity index (χ3v) is 4.02. The van der Waals surface area contributed by atoms with E-state index in [1.807, 2.05) is 26.0 Å². The van der Waals surface area contributed by atoms with E-state index in [1.54, 1.807) is 12.1 Å². The summed E-state index contributed by atoms with van der Waals surface area (Å²) < 4.78 is 10.2. The summed E-state index contributed by atoms with van der Waals surface area (Å²) in [6, 6.07) is 9.77. The van der Waals surface area contributed by atoms with Crippen molar-refractivity contribution in [2.45, 2.75) is 13.8 Å². The van der Waals surface area contributed by atoms with Gasteiger partial charge >= 0.3 is 0 Å². The number of nitriles is 1. The molecule has 144 valence electrons. The lowest BCUT2D eigenvalue weighted by atomic mass is 10.1. The van der Waals surface area contributed by atoms with Crippen molar-refractivity contribution in [3.8, 4) is 17.6 Å². The minimum Gasteiger partial charge on any atom is -0.493 e. The Balaban J connectivity index is 2.46. The second-order valence-corrected chi connectivity index (χ2v) is 5.97. The van der Waals surface area contributed by atoms with E-state index in [9.17, 15) is 20.2 Å². The summed E-state index contributed by atoms with van der Waals surface area (Å²) in [4.78, 5) is 23.3. The molecule has 0 aliphatic rings. The number of nitrogens with zero attached hydrogens (tertiary/aromatic N) is 2. The van der Waals surface area contributed by atoms with Crippen molar-refractivity contribution in [3.63, 3.8) is 0 Å². The molecule has 0 spiro atoms. The average Bonchev–Trinajstić information content (AvgIpc) is 2.67. The molecule has 0 aliphatic heterocycles. The van der Waals surface area contributed by atoms with E-state index >= 15 is 0 Å². The van der Waals surface area contributed by atoms with Crippen LogP contribution in [0.2, 0.25) is 0 Å². The predicted octanol–water partition coefficient (Wildman–Crippen LogP) is 3.77. The Hall–Kier alpha value is -3.86. The van der Waals surface area contributed by atoms with Crippen molar-refractivity contribution in [2.75, 3.05) is 19.5 Å². The third kappa shape index (κ3) is 4.45. The number of hydrogen-bond donors (Lipinski definition) is 1. The lowest BCUT2D eigenvalue weighted by Gasteiger charge is -2.10. The molecule has 0 unspecified atom stereocenters. The molecule has 0 fully saturated rings. The SMILES string of the molecule is COc1cc(/C=C(\C#N)C(=O)Nc2ccc(C)cc2C)c([N+](=O)[O-])cc1OC. The highest BCUT2D eigenvalue weighted by atomic mass is 16.6. The number of nitrogens with one attached hydrogen (secondary N) is 1. The number of nitro groups is 1. The van der Waals surface area contributed by atoms with E-state index < -0.39 is 10.8 Å². The second-order valence-electron chi connectivity index (χ2n) is 5.97. The van der Waals surface area contributed by atoms with Gasteiger partial charge < -0.3 is 14.8 Å². The van der Waals surface area contributed by atoms with Crippen LogP contribution in [0.3, 0.4) is 0 Å². The summed E-state index contributed by atoms with van der Waals surface area (Å²) in [5.41, 5.74) is 1.88. The summed E-state index contributed by atoms with van der Waals surface area (Å²) >= 11 is 0. The molecule has 0 saturated heterocycles. The second kappa shape index (κ2) is 8.68. The molecule has 2 rings (SSSR count). The lowest BCUT2D eigenvalue weighted by molar-refractivity contribution is -0.385. The Kier molecular flexibility index (Phi) is 6.34. The maximum absolute atomic E-state index is 12.5. The highest BCUT2D eigenvalue weighted by Gasteiger charge is 2.20. The maximum atomic E-state index is 12.5. The number of nitro benzene ring substituents is 1. The van der Waals surface area contributed by atoms with Crippen molar-refractivity contribution in [1.29, 1.82) is 5.26 Å². The van der Waals surface area contributed by atoms with Crippen LogP contribution in [0.5, 0.6) is 11.5 Å². The van der Waals surface area contributed by atoms with Crippen molar-refractivity contribution >= 4 is 23.4 Å². The number of methoxy groups -OCH3 is 2. The fourth-order valence-electron chi connectivity index (χ4n) is 2.61. The Morgan fingerprint density at radius 3 is 2.36 bits per heavy atom. The maximum Gasteiger partial charge on any atom is 0.280 e. The van der Waals surface area contributed by atoms with E-state index in [1.165, 1.54) is 26.4 Å². The number of hydrogen-bond acceptors (Lipinski definition) is 6. The Bertz CT molecular complexity index is 1010. The van der Waals surface area contributed by atoms with E-state index in [4.69, 9.17) is 9.47 Å². The molecule has 8 nitrogen and oxygen atoms in total.